The van der Waals surface area contributed by atoms with Gasteiger partial charge in [0.1, 0.15) is 29.5 Å². The van der Waals surface area contributed by atoms with Gasteiger partial charge >= 0.3 is 36.3 Å². The van der Waals surface area contributed by atoms with Crippen LogP contribution in [-0.2, 0) is 42.8 Å². The van der Waals surface area contributed by atoms with E-state index in [1.54, 1.807) is 6.07 Å². The highest BCUT2D eigenvalue weighted by atomic mass is 19.4. The first-order valence-electron chi connectivity index (χ1n) is 19.5. The molecule has 2 saturated carbocycles. The highest BCUT2D eigenvalue weighted by Crippen LogP contribution is 2.64. The Bertz CT molecular complexity index is 1970. The van der Waals surface area contributed by atoms with E-state index in [4.69, 9.17) is 28.4 Å². The number of esters is 3. The minimum atomic E-state index is -5.45. The van der Waals surface area contributed by atoms with Crippen LogP contribution in [0.25, 0.3) is 0 Å². The number of alkyl carbamates (subject to hydrolysis) is 1. The van der Waals surface area contributed by atoms with Gasteiger partial charge in [0.05, 0.1) is 29.6 Å². The lowest BCUT2D eigenvalue weighted by molar-refractivity contribution is -0.345. The smallest absolute Gasteiger partial charge is 0.411 e. The molecule has 1 aromatic rings. The van der Waals surface area contributed by atoms with Crippen molar-refractivity contribution in [2.24, 2.45) is 16.7 Å². The van der Waals surface area contributed by atoms with E-state index in [1.807, 2.05) is 0 Å². The van der Waals surface area contributed by atoms with E-state index in [2.05, 4.69) is 0 Å². The molecule has 2 bridgehead atoms. The number of alkyl halides is 3. The summed E-state index contributed by atoms with van der Waals surface area (Å²) >= 11 is 0. The Morgan fingerprint density at radius 2 is 1.61 bits per heavy atom. The number of nitrogens with zero attached hydrogens (tertiary/aromatic N) is 1. The summed E-state index contributed by atoms with van der Waals surface area (Å²) in [4.78, 5) is 83.1. The van der Waals surface area contributed by atoms with Crippen LogP contribution in [0.3, 0.4) is 0 Å². The van der Waals surface area contributed by atoms with Crippen LogP contribution in [0.1, 0.15) is 78.6 Å². The summed E-state index contributed by atoms with van der Waals surface area (Å²) in [5, 5.41) is 37.9. The number of benzene rings is 1. The van der Waals surface area contributed by atoms with E-state index in [-0.39, 0.29) is 23.1 Å². The van der Waals surface area contributed by atoms with Crippen LogP contribution in [0.15, 0.2) is 41.5 Å². The number of ether oxygens (including phenoxy) is 6. The minimum Gasteiger partial charge on any atom is -0.456 e. The fourth-order valence-corrected chi connectivity index (χ4v) is 9.18. The molecule has 17 nitrogen and oxygen atoms in total. The highest BCUT2D eigenvalue weighted by Gasteiger charge is 2.78. The number of carbonyl (C=O) groups excluding carboxylic acids is 6. The monoisotopic (exact) mass is 870 g/mol. The molecule has 3 fully saturated rings. The van der Waals surface area contributed by atoms with Gasteiger partial charge in [0.25, 0.3) is 0 Å². The average molecular weight is 871 g/mol. The molecule has 4 N–H and O–H groups in total. The summed E-state index contributed by atoms with van der Waals surface area (Å²) in [6.07, 6.45) is -21.2. The molecule has 3 aliphatic carbocycles. The molecule has 1 heterocycles. The van der Waals surface area contributed by atoms with Crippen molar-refractivity contribution >= 4 is 35.9 Å². The molecule has 20 heteroatoms. The molecule has 0 aromatic heterocycles. The van der Waals surface area contributed by atoms with Gasteiger partial charge in [-0.2, -0.15) is 13.2 Å². The summed E-state index contributed by atoms with van der Waals surface area (Å²) in [6, 6.07) is 4.15. The normalized spacial score (nSPS) is 32.8. The first-order valence-corrected chi connectivity index (χ1v) is 19.5. The van der Waals surface area contributed by atoms with Crippen molar-refractivity contribution in [3.63, 3.8) is 0 Å². The van der Waals surface area contributed by atoms with Crippen molar-refractivity contribution in [3.8, 4) is 0 Å². The van der Waals surface area contributed by atoms with E-state index in [9.17, 15) is 52.5 Å². The molecular formula is C41H53F3N2O15. The lowest BCUT2D eigenvalue weighted by Gasteiger charge is -2.67. The molecule has 11 atom stereocenters. The molecule has 61 heavy (non-hydrogen) atoms. The molecule has 5 rings (SSSR count). The van der Waals surface area contributed by atoms with Gasteiger partial charge in [-0.05, 0) is 57.9 Å². The first-order chi connectivity index (χ1) is 27.9. The number of Topliss-reactive ketones (excluding diaryl/α,β-unsaturated/α-hetero) is 1. The summed E-state index contributed by atoms with van der Waals surface area (Å²) in [6.45, 7) is 10.2. The number of nitrogens with one attached hydrogen (secondary N) is 1. The zero-order chi connectivity index (χ0) is 46.0. The van der Waals surface area contributed by atoms with Gasteiger partial charge in [-0.15, -0.1) is 0 Å². The number of halogens is 3. The summed E-state index contributed by atoms with van der Waals surface area (Å²) in [7, 11) is 2.61. The van der Waals surface area contributed by atoms with Gasteiger partial charge in [-0.25, -0.2) is 19.2 Å². The fraction of sp³-hybridized carbons (Fsp3) is 0.659. The molecule has 0 radical (unpaired) electrons. The maximum Gasteiger partial charge on any atom is 0.411 e. The Balaban J connectivity index is 1.76. The molecular weight excluding hydrogens is 817 g/mol. The molecule has 2 amide bonds. The third-order valence-corrected chi connectivity index (χ3v) is 12.3. The van der Waals surface area contributed by atoms with Crippen molar-refractivity contribution in [2.75, 3.05) is 20.7 Å². The Morgan fingerprint density at radius 3 is 2.11 bits per heavy atom. The number of ketones is 1. The van der Waals surface area contributed by atoms with E-state index in [0.29, 0.717) is 0 Å². The molecule has 1 aromatic carbocycles. The van der Waals surface area contributed by atoms with Crippen LogP contribution >= 0.6 is 0 Å². The topological polar surface area (TPSA) is 234 Å². The third-order valence-electron chi connectivity index (χ3n) is 12.3. The quantitative estimate of drug-likeness (QED) is 0.167. The standard InChI is InChI=1S/C41H53F3N2O15/c1-19-22(57-33(52)26(49)29(41(42,43)44)45-34(53)61-36(3,4)5)17-40(55)31(59-32(51)21-14-12-11-13-15-21)28-38(8,23(48)16-24-39(28,18-56-24)60-20(2)47)30(50)27(25(19)37(40,6)7)58-35(54)46(9)10/h11-15,22-24,26-29,31,48-49,55H,16-18H2,1-10H3,(H,45,53)/t22-,23-,24+,26+,27+,28-,29+,31-,38+,39-,40+/m0/s1. The molecule has 338 valence electrons. The maximum absolute atomic E-state index is 15.5. The molecule has 1 saturated heterocycles. The number of hydrogen-bond donors (Lipinski definition) is 4. The minimum absolute atomic E-state index is 0.0411. The second-order valence-corrected chi connectivity index (χ2v) is 18.0. The van der Waals surface area contributed by atoms with Crippen LogP contribution in [0.5, 0.6) is 0 Å². The van der Waals surface area contributed by atoms with Crippen LogP contribution < -0.4 is 5.32 Å². The number of rotatable bonds is 8. The number of carbonyl (C=O) groups is 6. The Kier molecular flexibility index (Phi) is 12.5. The zero-order valence-corrected chi connectivity index (χ0v) is 35.4. The Morgan fingerprint density at radius 1 is 1.00 bits per heavy atom. The SMILES string of the molecule is CC(=O)O[C@@]12CO[C@@H]1C[C@H](O)[C@@]1(C)C(=O)[C@H](OC(=O)N(C)C)C3=C(C)[C@@H](OC(=O)[C@H](O)[C@@H](NC(=O)OC(C)(C)C)C(F)(F)F)C[C@@](O)([C@@H](OC(=O)c4ccccc4)[C@H]21)C3(C)C. The van der Waals surface area contributed by atoms with Crippen LogP contribution in [0.2, 0.25) is 0 Å². The second kappa shape index (κ2) is 16.2. The Labute approximate surface area is 349 Å². The molecule has 1 aliphatic heterocycles. The number of fused-ring (bicyclic) bond motifs is 5. The number of amides is 2. The van der Waals surface area contributed by atoms with E-state index in [0.717, 1.165) is 11.8 Å². The van der Waals surface area contributed by atoms with Gasteiger partial charge in [-0.3, -0.25) is 9.59 Å². The van der Waals surface area contributed by atoms with Crippen molar-refractivity contribution in [1.29, 1.82) is 0 Å². The van der Waals surface area contributed by atoms with Crippen molar-refractivity contribution in [3.05, 3.63) is 47.0 Å². The zero-order valence-electron chi connectivity index (χ0n) is 35.4. The predicted molar refractivity (Wildman–Crippen MR) is 202 cm³/mol. The lowest BCUT2D eigenvalue weighted by Crippen LogP contribution is -2.82. The third kappa shape index (κ3) is 8.30. The second-order valence-electron chi connectivity index (χ2n) is 18.0. The van der Waals surface area contributed by atoms with E-state index < -0.39 is 131 Å². The van der Waals surface area contributed by atoms with Gasteiger partial charge in [0.2, 0.25) is 0 Å². The predicted octanol–water partition coefficient (Wildman–Crippen LogP) is 3.16. The largest absolute Gasteiger partial charge is 0.456 e. The fourth-order valence-electron chi connectivity index (χ4n) is 9.18. The number of hydrogen-bond acceptors (Lipinski definition) is 15. The van der Waals surface area contributed by atoms with Crippen molar-refractivity contribution in [2.45, 2.75) is 134 Å². The summed E-state index contributed by atoms with van der Waals surface area (Å²) < 4.78 is 77.4. The maximum atomic E-state index is 15.5. The van der Waals surface area contributed by atoms with E-state index >= 15 is 4.79 Å². The summed E-state index contributed by atoms with van der Waals surface area (Å²) in [5.41, 5.74) is -10.3. The number of aliphatic hydroxyl groups is 3. The van der Waals surface area contributed by atoms with Crippen LogP contribution in [-0.4, -0.2) is 142 Å². The Hall–Kier alpha value is -4.79. The lowest BCUT2D eigenvalue weighted by atomic mass is 9.44. The molecule has 4 aliphatic rings. The highest BCUT2D eigenvalue weighted by molar-refractivity contribution is 5.95. The van der Waals surface area contributed by atoms with Gasteiger partial charge in [0, 0.05) is 39.3 Å². The molecule has 0 unspecified atom stereocenters. The first kappa shape index (κ1) is 47.3. The van der Waals surface area contributed by atoms with Gasteiger partial charge < -0.3 is 54.0 Å². The molecule has 0 spiro atoms. The van der Waals surface area contributed by atoms with Gasteiger partial charge in [0.15, 0.2) is 29.6 Å². The van der Waals surface area contributed by atoms with Crippen LogP contribution in [0.4, 0.5) is 22.8 Å². The average Bonchev–Trinajstić information content (AvgIpc) is 3.13. The summed E-state index contributed by atoms with van der Waals surface area (Å²) in [5.74, 6) is -6.63. The number of aliphatic hydroxyl groups excluding tert-OH is 2. The van der Waals surface area contributed by atoms with Crippen molar-refractivity contribution in [1.82, 2.24) is 10.2 Å². The van der Waals surface area contributed by atoms with Crippen molar-refractivity contribution < 1.29 is 85.7 Å². The van der Waals surface area contributed by atoms with Crippen LogP contribution in [0, 0.1) is 16.7 Å². The van der Waals surface area contributed by atoms with E-state index in [1.165, 1.54) is 92.1 Å². The van der Waals surface area contributed by atoms with Gasteiger partial charge in [-0.1, -0.05) is 32.0 Å².